The minimum Gasteiger partial charge on any atom is -0.491 e. The molecule has 1 aromatic rings. The fraction of sp³-hybridized carbons (Fsp3) is 0.600. The van der Waals surface area contributed by atoms with Gasteiger partial charge in [0.25, 0.3) is 0 Å². The van der Waals surface area contributed by atoms with Gasteiger partial charge in [0.1, 0.15) is 12.4 Å². The van der Waals surface area contributed by atoms with Gasteiger partial charge in [-0.25, -0.2) is 8.42 Å². The van der Waals surface area contributed by atoms with Crippen LogP contribution < -0.4 is 4.74 Å². The predicted molar refractivity (Wildman–Crippen MR) is 75.6 cm³/mol. The van der Waals surface area contributed by atoms with Crippen molar-refractivity contribution in [3.05, 3.63) is 24.3 Å². The van der Waals surface area contributed by atoms with Crippen molar-refractivity contribution in [2.75, 3.05) is 6.61 Å². The maximum absolute atomic E-state index is 12.0. The first-order valence-corrected chi connectivity index (χ1v) is 8.73. The molecule has 1 N–H and O–H groups in total. The lowest BCUT2D eigenvalue weighted by Crippen LogP contribution is -2.32. The van der Waals surface area contributed by atoms with E-state index in [1.165, 1.54) is 0 Å². The summed E-state index contributed by atoms with van der Waals surface area (Å²) < 4.78 is 29.7. The monoisotopic (exact) mass is 296 g/mol. The minimum absolute atomic E-state index is 0.187. The molecule has 0 saturated heterocycles. The molecule has 3 rings (SSSR count). The van der Waals surface area contributed by atoms with Crippen LogP contribution in [0, 0.1) is 0 Å². The van der Waals surface area contributed by atoms with Gasteiger partial charge in [-0.1, -0.05) is 12.8 Å². The SMILES string of the molecule is O=S(=O)(c1ccc(OCC2(O)CCCC2)cc1)C1CC1. The van der Waals surface area contributed by atoms with Crippen molar-refractivity contribution in [1.29, 1.82) is 0 Å². The van der Waals surface area contributed by atoms with Crippen molar-refractivity contribution in [2.45, 2.75) is 54.3 Å². The third kappa shape index (κ3) is 2.83. The Morgan fingerprint density at radius 1 is 1.15 bits per heavy atom. The van der Waals surface area contributed by atoms with Gasteiger partial charge >= 0.3 is 0 Å². The van der Waals surface area contributed by atoms with E-state index in [2.05, 4.69) is 0 Å². The van der Waals surface area contributed by atoms with E-state index in [0.717, 1.165) is 38.5 Å². The zero-order valence-electron chi connectivity index (χ0n) is 11.4. The standard InChI is InChI=1S/C15H20O4S/c16-15(9-1-2-10-15)11-19-12-3-5-13(6-4-12)20(17,18)14-7-8-14/h3-6,14,16H,1-2,7-11H2. The first kappa shape index (κ1) is 13.9. The Morgan fingerprint density at radius 3 is 2.30 bits per heavy atom. The summed E-state index contributed by atoms with van der Waals surface area (Å²) in [5, 5.41) is 10.0. The molecule has 2 aliphatic carbocycles. The highest BCUT2D eigenvalue weighted by Crippen LogP contribution is 2.34. The van der Waals surface area contributed by atoms with Gasteiger partial charge in [-0.15, -0.1) is 0 Å². The fourth-order valence-corrected chi connectivity index (χ4v) is 4.35. The van der Waals surface area contributed by atoms with Gasteiger partial charge in [0.15, 0.2) is 9.84 Å². The number of ether oxygens (including phenoxy) is 1. The molecule has 0 amide bonds. The first-order chi connectivity index (χ1) is 9.50. The highest BCUT2D eigenvalue weighted by Gasteiger charge is 2.36. The molecular formula is C15H20O4S. The normalized spacial score (nSPS) is 21.9. The molecule has 5 heteroatoms. The fourth-order valence-electron chi connectivity index (χ4n) is 2.69. The molecule has 0 spiro atoms. The second-order valence-electron chi connectivity index (χ2n) is 5.94. The number of sulfone groups is 1. The van der Waals surface area contributed by atoms with Crippen molar-refractivity contribution in [1.82, 2.24) is 0 Å². The molecule has 0 aromatic heterocycles. The lowest BCUT2D eigenvalue weighted by molar-refractivity contribution is 0.00139. The van der Waals surface area contributed by atoms with Crippen LogP contribution in [-0.2, 0) is 9.84 Å². The Morgan fingerprint density at radius 2 is 1.75 bits per heavy atom. The average molecular weight is 296 g/mol. The van der Waals surface area contributed by atoms with E-state index in [1.54, 1.807) is 24.3 Å². The predicted octanol–water partition coefficient (Wildman–Crippen LogP) is 2.31. The minimum atomic E-state index is -3.13. The summed E-state index contributed by atoms with van der Waals surface area (Å²) in [5.41, 5.74) is -0.710. The van der Waals surface area contributed by atoms with Gasteiger partial charge in [-0.2, -0.15) is 0 Å². The van der Waals surface area contributed by atoms with Crippen molar-refractivity contribution < 1.29 is 18.3 Å². The van der Waals surface area contributed by atoms with E-state index in [9.17, 15) is 13.5 Å². The Labute approximate surface area is 119 Å². The molecular weight excluding hydrogens is 276 g/mol. The lowest BCUT2D eigenvalue weighted by atomic mass is 10.0. The van der Waals surface area contributed by atoms with Crippen molar-refractivity contribution in [2.24, 2.45) is 0 Å². The van der Waals surface area contributed by atoms with E-state index in [1.807, 2.05) is 0 Å². The average Bonchev–Trinajstić information content (AvgIpc) is 3.21. The third-order valence-corrected chi connectivity index (χ3v) is 6.44. The zero-order valence-corrected chi connectivity index (χ0v) is 12.2. The van der Waals surface area contributed by atoms with E-state index in [4.69, 9.17) is 4.74 Å². The van der Waals surface area contributed by atoms with Crippen molar-refractivity contribution >= 4 is 9.84 Å². The molecule has 4 nitrogen and oxygen atoms in total. The zero-order chi connectivity index (χ0) is 14.2. The molecule has 2 saturated carbocycles. The number of hydrogen-bond donors (Lipinski definition) is 1. The second-order valence-corrected chi connectivity index (χ2v) is 8.16. The van der Waals surface area contributed by atoms with E-state index >= 15 is 0 Å². The number of aliphatic hydroxyl groups is 1. The number of rotatable bonds is 5. The molecule has 0 radical (unpaired) electrons. The summed E-state index contributed by atoms with van der Waals surface area (Å²) >= 11 is 0. The molecule has 1 aromatic carbocycles. The third-order valence-electron chi connectivity index (χ3n) is 4.16. The van der Waals surface area contributed by atoms with Crippen molar-refractivity contribution in [3.63, 3.8) is 0 Å². The van der Waals surface area contributed by atoms with Crippen LogP contribution in [0.4, 0.5) is 0 Å². The molecule has 0 heterocycles. The van der Waals surface area contributed by atoms with Crippen LogP contribution in [0.3, 0.4) is 0 Å². The van der Waals surface area contributed by atoms with Crippen molar-refractivity contribution in [3.8, 4) is 5.75 Å². The van der Waals surface area contributed by atoms with Gasteiger partial charge < -0.3 is 9.84 Å². The summed E-state index contributed by atoms with van der Waals surface area (Å²) in [7, 11) is -3.13. The Kier molecular flexibility index (Phi) is 3.50. The van der Waals surface area contributed by atoms with Crippen LogP contribution in [0.25, 0.3) is 0 Å². The smallest absolute Gasteiger partial charge is 0.181 e. The summed E-state index contributed by atoms with van der Waals surface area (Å²) in [6.07, 6.45) is 5.18. The van der Waals surface area contributed by atoms with E-state index in [-0.39, 0.29) is 11.9 Å². The summed E-state index contributed by atoms with van der Waals surface area (Å²) in [5.74, 6) is 0.611. The summed E-state index contributed by atoms with van der Waals surface area (Å²) in [4.78, 5) is 0.368. The Balaban J connectivity index is 1.64. The van der Waals surface area contributed by atoms with Crippen LogP contribution in [0.2, 0.25) is 0 Å². The number of hydrogen-bond acceptors (Lipinski definition) is 4. The van der Waals surface area contributed by atoms with Crippen LogP contribution >= 0.6 is 0 Å². The Hall–Kier alpha value is -1.07. The molecule has 20 heavy (non-hydrogen) atoms. The second kappa shape index (κ2) is 5.04. The largest absolute Gasteiger partial charge is 0.491 e. The van der Waals surface area contributed by atoms with Gasteiger partial charge in [0, 0.05) is 0 Å². The molecule has 110 valence electrons. The topological polar surface area (TPSA) is 63.6 Å². The molecule has 0 atom stereocenters. The maximum atomic E-state index is 12.0. The maximum Gasteiger partial charge on any atom is 0.181 e. The van der Waals surface area contributed by atoms with Crippen LogP contribution in [-0.4, -0.2) is 31.0 Å². The highest BCUT2D eigenvalue weighted by atomic mass is 32.2. The summed E-state index contributed by atoms with van der Waals surface area (Å²) in [6.45, 7) is 0.279. The van der Waals surface area contributed by atoms with Crippen LogP contribution in [0.5, 0.6) is 5.75 Å². The molecule has 2 aliphatic rings. The van der Waals surface area contributed by atoms with Gasteiger partial charge in [0.05, 0.1) is 15.7 Å². The van der Waals surface area contributed by atoms with Gasteiger partial charge in [-0.3, -0.25) is 0 Å². The van der Waals surface area contributed by atoms with Gasteiger partial charge in [-0.05, 0) is 49.9 Å². The Bertz CT molecular complexity index is 566. The molecule has 0 unspecified atom stereocenters. The lowest BCUT2D eigenvalue weighted by Gasteiger charge is -2.22. The van der Waals surface area contributed by atoms with E-state index in [0.29, 0.717) is 10.6 Å². The number of benzene rings is 1. The quantitative estimate of drug-likeness (QED) is 0.905. The van der Waals surface area contributed by atoms with E-state index < -0.39 is 15.4 Å². The van der Waals surface area contributed by atoms with Crippen LogP contribution in [0.1, 0.15) is 38.5 Å². The van der Waals surface area contributed by atoms with Crippen LogP contribution in [0.15, 0.2) is 29.2 Å². The molecule has 0 bridgehead atoms. The highest BCUT2D eigenvalue weighted by molar-refractivity contribution is 7.92. The molecule has 0 aliphatic heterocycles. The van der Waals surface area contributed by atoms with Gasteiger partial charge in [0.2, 0.25) is 0 Å². The summed E-state index contributed by atoms with van der Waals surface area (Å²) in [6, 6.07) is 6.55. The molecule has 2 fully saturated rings. The first-order valence-electron chi connectivity index (χ1n) is 7.19.